The first kappa shape index (κ1) is 68.1. The molecule has 0 fully saturated rings. The number of nitrogens with zero attached hydrogens (tertiary/aromatic N) is 2. The smallest absolute Gasteiger partial charge is 0.304 e. The lowest BCUT2D eigenvalue weighted by atomic mass is 9.85. The number of allylic oxidation sites excluding steroid dienone is 2. The van der Waals surface area contributed by atoms with Crippen LogP contribution in [0.5, 0.6) is 0 Å². The van der Waals surface area contributed by atoms with Gasteiger partial charge in [-0.25, -0.2) is 0 Å². The van der Waals surface area contributed by atoms with Crippen molar-refractivity contribution in [2.45, 2.75) is 337 Å². The molecule has 0 bridgehead atoms. The second-order valence-corrected chi connectivity index (χ2v) is 22.7. The van der Waals surface area contributed by atoms with Gasteiger partial charge in [0.15, 0.2) is 0 Å². The monoisotopic (exact) mass is 1030 g/mol. The normalized spacial score (nSPS) is 11.2. The van der Waals surface area contributed by atoms with Crippen molar-refractivity contribution in [1.29, 1.82) is 0 Å². The first-order valence-electron chi connectivity index (χ1n) is 33.0. The molecule has 0 unspecified atom stereocenters. The van der Waals surface area contributed by atoms with Crippen molar-refractivity contribution in [2.24, 2.45) is 0 Å². The Kier molecular flexibility index (Phi) is 45.3. The van der Waals surface area contributed by atoms with Crippen molar-refractivity contribution in [3.8, 4) is 35.5 Å². The Morgan fingerprint density at radius 2 is 0.671 bits per heavy atom. The zero-order chi connectivity index (χ0) is 54.6. The summed E-state index contributed by atoms with van der Waals surface area (Å²) in [5.74, 6) is 25.0. The molecule has 0 aliphatic carbocycles. The molecular weight excluding hydrogens is 917 g/mol. The number of rotatable bonds is 46. The molecule has 0 aliphatic rings. The van der Waals surface area contributed by atoms with Crippen LogP contribution in [0.4, 0.5) is 0 Å². The fourth-order valence-electron chi connectivity index (χ4n) is 10.7. The van der Waals surface area contributed by atoms with Crippen molar-refractivity contribution in [2.75, 3.05) is 0 Å². The van der Waals surface area contributed by atoms with Crippen LogP contribution in [0.3, 0.4) is 0 Å². The Morgan fingerprint density at radius 3 is 1.01 bits per heavy atom. The largest absolute Gasteiger partial charge is 0.348 e. The zero-order valence-electron chi connectivity index (χ0n) is 50.9. The maximum absolute atomic E-state index is 10.2. The van der Waals surface area contributed by atoms with Crippen LogP contribution in [0, 0.1) is 35.5 Å². The van der Waals surface area contributed by atoms with Gasteiger partial charge in [-0.1, -0.05) is 320 Å². The molecule has 0 aliphatic heterocycles. The number of hydrogen-bond donors (Lipinski definition) is 0. The number of aryl methyl sites for hydroxylation is 2. The van der Waals surface area contributed by atoms with Crippen molar-refractivity contribution < 1.29 is 4.79 Å². The molecule has 2 heteroatoms. The van der Waals surface area contributed by atoms with E-state index in [2.05, 4.69) is 124 Å². The topological polar surface area (TPSA) is 36.4 Å². The van der Waals surface area contributed by atoms with Gasteiger partial charge in [-0.05, 0) is 91.8 Å². The molecule has 2 nitrogen and oxygen atoms in total. The van der Waals surface area contributed by atoms with Crippen LogP contribution in [-0.4, -0.2) is 10.7 Å². The highest BCUT2D eigenvalue weighted by atomic mass is 14.8. The highest BCUT2D eigenvalue weighted by Crippen LogP contribution is 2.34. The summed E-state index contributed by atoms with van der Waals surface area (Å²) in [7, 11) is 0. The average molecular weight is 1030 g/mol. The molecule has 2 rings (SSSR count). The van der Waals surface area contributed by atoms with E-state index >= 15 is 0 Å². The summed E-state index contributed by atoms with van der Waals surface area (Å²) >= 11 is 0. The van der Waals surface area contributed by atoms with E-state index in [-0.39, 0.29) is 0 Å². The molecule has 0 saturated carbocycles. The maximum atomic E-state index is 10.2. The third-order valence-corrected chi connectivity index (χ3v) is 15.4. The average Bonchev–Trinajstić information content (AvgIpc) is 3.44. The lowest BCUT2D eigenvalue weighted by molar-refractivity contribution is 0.00746. The molecule has 0 aromatic heterocycles. The SMILES string of the molecule is CCCCCCCCCCCC#Cc1cc(C#CCCCCCCCCCCC)cc(C(=C(C#CCCCCCCCCCCCCCCCC)C(=C=[N+]=[N-])CC)c2cc(CCCCCC)cc(CCCCCC)c2)c1. The van der Waals surface area contributed by atoms with Gasteiger partial charge in [-0.15, -0.1) is 4.79 Å². The predicted molar refractivity (Wildman–Crippen MR) is 337 cm³/mol. The third-order valence-electron chi connectivity index (χ3n) is 15.4. The Balaban J connectivity index is 2.65. The van der Waals surface area contributed by atoms with Crippen molar-refractivity contribution in [3.05, 3.63) is 86.5 Å². The van der Waals surface area contributed by atoms with Gasteiger partial charge < -0.3 is 5.53 Å². The molecule has 0 heterocycles. The second-order valence-electron chi connectivity index (χ2n) is 22.7. The summed E-state index contributed by atoms with van der Waals surface area (Å²) in [5.41, 5.74) is 20.1. The van der Waals surface area contributed by atoms with E-state index in [4.69, 9.17) is 0 Å². The van der Waals surface area contributed by atoms with E-state index in [1.165, 1.54) is 254 Å². The quantitative estimate of drug-likeness (QED) is 0.0158. The van der Waals surface area contributed by atoms with E-state index in [9.17, 15) is 5.53 Å². The zero-order valence-corrected chi connectivity index (χ0v) is 50.9. The van der Waals surface area contributed by atoms with Gasteiger partial charge in [0.05, 0.1) is 11.1 Å². The molecule has 422 valence electrons. The summed E-state index contributed by atoms with van der Waals surface area (Å²) in [6, 6.07) is 14.2. The molecule has 0 saturated heterocycles. The molecule has 0 atom stereocenters. The van der Waals surface area contributed by atoms with Crippen LogP contribution in [0.1, 0.15) is 357 Å². The maximum Gasteiger partial charge on any atom is 0.304 e. The molecule has 0 amide bonds. The summed E-state index contributed by atoms with van der Waals surface area (Å²) in [6.45, 7) is 13.6. The second kappa shape index (κ2) is 50.5. The molecule has 0 spiro atoms. The van der Waals surface area contributed by atoms with E-state index < -0.39 is 0 Å². The molecule has 0 N–H and O–H groups in total. The summed E-state index contributed by atoms with van der Waals surface area (Å²) in [4.78, 5) is 3.56. The van der Waals surface area contributed by atoms with Crippen molar-refractivity contribution in [1.82, 2.24) is 0 Å². The van der Waals surface area contributed by atoms with Gasteiger partial charge >= 0.3 is 5.87 Å². The predicted octanol–water partition coefficient (Wildman–Crippen LogP) is 23.4. The molecular formula is C74H116N2. The standard InChI is InChI=1S/C74H116N2/c1-7-13-18-23-26-29-32-33-34-35-36-39-42-45-48-53-58-73(70(12-6)65-76-75)74(71-61-66(54-49-21-16-10-4)59-67(62-71)55-50-22-17-11-5)72-63-68(56-51-46-43-40-37-30-27-24-19-14-8-2)60-69(64-72)57-52-47-44-41-38-31-28-25-20-15-9-3/h59-64H,7-50,54-55H2,1-6H3. The molecule has 76 heavy (non-hydrogen) atoms. The molecule has 2 aromatic rings. The number of hydrogen-bond acceptors (Lipinski definition) is 0. The highest BCUT2D eigenvalue weighted by Gasteiger charge is 2.19. The van der Waals surface area contributed by atoms with E-state index in [1.54, 1.807) is 0 Å². The van der Waals surface area contributed by atoms with Gasteiger partial charge in [0.2, 0.25) is 0 Å². The molecule has 0 radical (unpaired) electrons. The molecule has 2 aromatic carbocycles. The highest BCUT2D eigenvalue weighted by molar-refractivity contribution is 5.91. The van der Waals surface area contributed by atoms with E-state index in [1.807, 2.05) is 0 Å². The Morgan fingerprint density at radius 1 is 0.355 bits per heavy atom. The lowest BCUT2D eigenvalue weighted by Gasteiger charge is -2.17. The van der Waals surface area contributed by atoms with Gasteiger partial charge in [0, 0.05) is 36.0 Å². The van der Waals surface area contributed by atoms with E-state index in [0.717, 1.165) is 84.8 Å². The van der Waals surface area contributed by atoms with Crippen LogP contribution >= 0.6 is 0 Å². The third kappa shape index (κ3) is 35.4. The van der Waals surface area contributed by atoms with Crippen LogP contribution in [0.15, 0.2) is 47.5 Å². The summed E-state index contributed by atoms with van der Waals surface area (Å²) < 4.78 is 0. The Hall–Kier alpha value is -3.98. The summed E-state index contributed by atoms with van der Waals surface area (Å²) in [5, 5.41) is 0. The van der Waals surface area contributed by atoms with Crippen molar-refractivity contribution >= 4 is 11.4 Å². The van der Waals surface area contributed by atoms with Gasteiger partial charge in [-0.2, -0.15) is 0 Å². The fourth-order valence-corrected chi connectivity index (χ4v) is 10.7. The van der Waals surface area contributed by atoms with Crippen LogP contribution < -0.4 is 0 Å². The minimum atomic E-state index is 0.653. The van der Waals surface area contributed by atoms with Crippen LogP contribution in [0.2, 0.25) is 0 Å². The minimum absolute atomic E-state index is 0.653. The van der Waals surface area contributed by atoms with Crippen molar-refractivity contribution in [3.63, 3.8) is 0 Å². The van der Waals surface area contributed by atoms with Gasteiger partial charge in [0.25, 0.3) is 0 Å². The van der Waals surface area contributed by atoms with Gasteiger partial charge in [0.1, 0.15) is 0 Å². The minimum Gasteiger partial charge on any atom is -0.348 e. The number of benzene rings is 2. The Bertz CT molecular complexity index is 1980. The first-order chi connectivity index (χ1) is 37.5. The fraction of sp³-hybridized carbons (Fsp3) is 0.703. The number of unbranched alkanes of at least 4 members (excludes halogenated alkanes) is 38. The Labute approximate surface area is 472 Å². The van der Waals surface area contributed by atoms with Crippen LogP contribution in [-0.2, 0) is 12.8 Å². The summed E-state index contributed by atoms with van der Waals surface area (Å²) in [6.07, 6.45) is 57.9. The lowest BCUT2D eigenvalue weighted by Crippen LogP contribution is -2.02. The van der Waals surface area contributed by atoms with E-state index in [0.29, 0.717) is 6.42 Å². The van der Waals surface area contributed by atoms with Crippen LogP contribution in [0.25, 0.3) is 11.1 Å². The first-order valence-corrected chi connectivity index (χ1v) is 33.0. The van der Waals surface area contributed by atoms with Gasteiger partial charge in [-0.3, -0.25) is 0 Å².